The Labute approximate surface area is 195 Å². The van der Waals surface area contributed by atoms with E-state index in [1.165, 1.54) is 6.20 Å². The van der Waals surface area contributed by atoms with Crippen LogP contribution < -0.4 is 16.0 Å². The number of carbonyl (C=O) groups excluding carboxylic acids is 2. The molecule has 0 bridgehead atoms. The summed E-state index contributed by atoms with van der Waals surface area (Å²) in [5, 5.41) is 2.68. The molecule has 9 heteroatoms. The quantitative estimate of drug-likeness (QED) is 0.688. The average molecular weight is 452 g/mol. The Morgan fingerprint density at radius 2 is 1.85 bits per heavy atom. The van der Waals surface area contributed by atoms with Crippen molar-refractivity contribution in [2.75, 3.05) is 55.7 Å². The van der Waals surface area contributed by atoms with Crippen LogP contribution in [0.25, 0.3) is 0 Å². The molecule has 176 valence electrons. The molecule has 2 amide bonds. The number of hydrogen-bond donors (Lipinski definition) is 2. The molecule has 0 spiro atoms. The van der Waals surface area contributed by atoms with Gasteiger partial charge in [-0.15, -0.1) is 0 Å². The zero-order valence-corrected chi connectivity index (χ0v) is 19.6. The molecule has 4 heterocycles. The summed E-state index contributed by atoms with van der Waals surface area (Å²) < 4.78 is 0. The number of rotatable bonds is 3. The van der Waals surface area contributed by atoms with E-state index in [1.807, 2.05) is 18.3 Å². The molecule has 2 aliphatic heterocycles. The Morgan fingerprint density at radius 1 is 1.09 bits per heavy atom. The number of likely N-dealkylation sites (tertiary alicyclic amines) is 1. The van der Waals surface area contributed by atoms with E-state index < -0.39 is 11.8 Å². The summed E-state index contributed by atoms with van der Waals surface area (Å²) in [4.78, 5) is 41.0. The first-order valence-corrected chi connectivity index (χ1v) is 11.6. The van der Waals surface area contributed by atoms with E-state index in [-0.39, 0.29) is 6.04 Å². The summed E-state index contributed by atoms with van der Waals surface area (Å²) in [5.74, 6) is 0.483. The fourth-order valence-electron chi connectivity index (χ4n) is 4.51. The number of aryl methyl sites for hydroxylation is 1. The van der Waals surface area contributed by atoms with E-state index in [1.54, 1.807) is 17.9 Å². The lowest BCUT2D eigenvalue weighted by Gasteiger charge is -2.38. The van der Waals surface area contributed by atoms with Crippen molar-refractivity contribution in [3.8, 4) is 0 Å². The van der Waals surface area contributed by atoms with Gasteiger partial charge in [0.2, 0.25) is 0 Å². The summed E-state index contributed by atoms with van der Waals surface area (Å²) in [6, 6.07) is 5.63. The molecule has 4 rings (SSSR count). The molecule has 33 heavy (non-hydrogen) atoms. The van der Waals surface area contributed by atoms with Gasteiger partial charge < -0.3 is 25.8 Å². The summed E-state index contributed by atoms with van der Waals surface area (Å²) in [6.45, 7) is 8.39. The Hall–Kier alpha value is -3.20. The highest BCUT2D eigenvalue weighted by atomic mass is 16.2. The number of nitrogens with two attached hydrogens (primary N) is 1. The van der Waals surface area contributed by atoms with Crippen molar-refractivity contribution in [1.82, 2.24) is 19.8 Å². The molecule has 2 aliphatic rings. The first-order valence-electron chi connectivity index (χ1n) is 11.6. The van der Waals surface area contributed by atoms with E-state index >= 15 is 0 Å². The molecule has 2 atom stereocenters. The molecule has 0 saturated carbocycles. The monoisotopic (exact) mass is 451 g/mol. The van der Waals surface area contributed by atoms with Crippen LogP contribution in [-0.4, -0.2) is 71.4 Å². The van der Waals surface area contributed by atoms with Crippen LogP contribution in [0.4, 0.5) is 17.3 Å². The largest absolute Gasteiger partial charge is 0.383 e. The maximum Gasteiger partial charge on any atom is 0.313 e. The predicted octanol–water partition coefficient (Wildman–Crippen LogP) is 2.06. The molecule has 9 nitrogen and oxygen atoms in total. The van der Waals surface area contributed by atoms with Crippen molar-refractivity contribution in [2.45, 2.75) is 32.7 Å². The Kier molecular flexibility index (Phi) is 6.78. The molecule has 2 unspecified atom stereocenters. The summed E-state index contributed by atoms with van der Waals surface area (Å²) in [7, 11) is 2.13. The molecule has 2 aromatic rings. The topological polar surface area (TPSA) is 108 Å². The minimum atomic E-state index is -0.665. The number of nitrogens with one attached hydrogen (secondary N) is 1. The van der Waals surface area contributed by atoms with E-state index in [0.717, 1.165) is 56.0 Å². The van der Waals surface area contributed by atoms with Crippen LogP contribution in [-0.2, 0) is 9.59 Å². The first-order chi connectivity index (χ1) is 15.8. The first kappa shape index (κ1) is 23.0. The zero-order chi connectivity index (χ0) is 23.5. The van der Waals surface area contributed by atoms with Gasteiger partial charge in [-0.1, -0.05) is 13.0 Å². The van der Waals surface area contributed by atoms with Gasteiger partial charge in [-0.3, -0.25) is 9.59 Å². The lowest BCUT2D eigenvalue weighted by atomic mass is 9.90. The standard InChI is InChI=1S/C24H33N7O2/c1-16-4-6-20(18-5-7-21(26-13-18)30-10-8-29(3)9-11-30)31(15-16)24(33)23(32)28-19-12-17(2)22(25)27-14-19/h5,7,12-14,16,20H,4,6,8-11,15H2,1-3H3,(H2,25,27)(H,28,32). The van der Waals surface area contributed by atoms with Crippen LogP contribution >= 0.6 is 0 Å². The number of carbonyl (C=O) groups is 2. The number of nitrogen functional groups attached to an aromatic ring is 1. The van der Waals surface area contributed by atoms with Crippen molar-refractivity contribution < 1.29 is 9.59 Å². The number of anilines is 3. The fraction of sp³-hybridized carbons (Fsp3) is 0.500. The number of hydrogen-bond acceptors (Lipinski definition) is 7. The third-order valence-electron chi connectivity index (χ3n) is 6.63. The van der Waals surface area contributed by atoms with Gasteiger partial charge in [0.05, 0.1) is 17.9 Å². The van der Waals surface area contributed by atoms with Crippen LogP contribution in [0.3, 0.4) is 0 Å². The van der Waals surface area contributed by atoms with Crippen molar-refractivity contribution in [2.24, 2.45) is 5.92 Å². The highest BCUT2D eigenvalue weighted by molar-refractivity contribution is 6.39. The van der Waals surface area contributed by atoms with Crippen LogP contribution in [0, 0.1) is 12.8 Å². The molecule has 2 fully saturated rings. The lowest BCUT2D eigenvalue weighted by molar-refractivity contribution is -0.146. The number of pyridine rings is 2. The Bertz CT molecular complexity index is 1000. The minimum absolute atomic E-state index is 0.167. The van der Waals surface area contributed by atoms with E-state index in [0.29, 0.717) is 24.0 Å². The Balaban J connectivity index is 1.48. The van der Waals surface area contributed by atoms with Gasteiger partial charge in [-0.25, -0.2) is 9.97 Å². The number of nitrogens with zero attached hydrogens (tertiary/aromatic N) is 5. The fourth-order valence-corrected chi connectivity index (χ4v) is 4.51. The third kappa shape index (κ3) is 5.24. The molecular weight excluding hydrogens is 418 g/mol. The second kappa shape index (κ2) is 9.74. The van der Waals surface area contributed by atoms with Crippen molar-refractivity contribution in [3.05, 3.63) is 41.7 Å². The SMILES string of the molecule is Cc1cc(NC(=O)C(=O)N2CC(C)CCC2c2ccc(N3CCN(C)CC3)nc2)cnc1N. The van der Waals surface area contributed by atoms with Gasteiger partial charge in [-0.2, -0.15) is 0 Å². The van der Waals surface area contributed by atoms with E-state index in [4.69, 9.17) is 10.7 Å². The van der Waals surface area contributed by atoms with Crippen molar-refractivity contribution in [1.29, 1.82) is 0 Å². The zero-order valence-electron chi connectivity index (χ0n) is 19.6. The maximum atomic E-state index is 13.2. The van der Waals surface area contributed by atoms with Gasteiger partial charge in [0.15, 0.2) is 0 Å². The molecule has 2 saturated heterocycles. The molecule has 2 aromatic heterocycles. The smallest absolute Gasteiger partial charge is 0.313 e. The number of likely N-dealkylation sites (N-methyl/N-ethyl adjacent to an activating group) is 1. The second-order valence-electron chi connectivity index (χ2n) is 9.28. The van der Waals surface area contributed by atoms with Crippen molar-refractivity contribution >= 4 is 29.1 Å². The number of aromatic nitrogens is 2. The second-order valence-corrected chi connectivity index (χ2v) is 9.28. The maximum absolute atomic E-state index is 13.2. The minimum Gasteiger partial charge on any atom is -0.383 e. The normalized spacial score (nSPS) is 21.7. The molecule has 3 N–H and O–H groups in total. The van der Waals surface area contributed by atoms with Crippen LogP contribution in [0.1, 0.15) is 36.9 Å². The number of amides is 2. The van der Waals surface area contributed by atoms with Gasteiger partial charge in [0.25, 0.3) is 0 Å². The lowest BCUT2D eigenvalue weighted by Crippen LogP contribution is -2.46. The van der Waals surface area contributed by atoms with Crippen LogP contribution in [0.5, 0.6) is 0 Å². The Morgan fingerprint density at radius 3 is 2.52 bits per heavy atom. The summed E-state index contributed by atoms with van der Waals surface area (Å²) in [5.41, 5.74) is 7.92. The molecular formula is C24H33N7O2. The number of piperidine rings is 1. The van der Waals surface area contributed by atoms with Gasteiger partial charge >= 0.3 is 11.8 Å². The van der Waals surface area contributed by atoms with E-state index in [9.17, 15) is 9.59 Å². The van der Waals surface area contributed by atoms with Crippen molar-refractivity contribution in [3.63, 3.8) is 0 Å². The summed E-state index contributed by atoms with van der Waals surface area (Å²) >= 11 is 0. The molecule has 0 aliphatic carbocycles. The molecule has 0 aromatic carbocycles. The highest BCUT2D eigenvalue weighted by Crippen LogP contribution is 2.34. The average Bonchev–Trinajstić information content (AvgIpc) is 2.81. The molecule has 0 radical (unpaired) electrons. The number of piperazine rings is 1. The van der Waals surface area contributed by atoms with Crippen LogP contribution in [0.15, 0.2) is 30.6 Å². The van der Waals surface area contributed by atoms with E-state index in [2.05, 4.69) is 34.1 Å². The van der Waals surface area contributed by atoms with Gasteiger partial charge in [0, 0.05) is 38.9 Å². The van der Waals surface area contributed by atoms with Crippen LogP contribution in [0.2, 0.25) is 0 Å². The summed E-state index contributed by atoms with van der Waals surface area (Å²) in [6.07, 6.45) is 5.13. The predicted molar refractivity (Wildman–Crippen MR) is 129 cm³/mol. The highest BCUT2D eigenvalue weighted by Gasteiger charge is 2.34. The van der Waals surface area contributed by atoms with Gasteiger partial charge in [-0.05, 0) is 56.0 Å². The third-order valence-corrected chi connectivity index (χ3v) is 6.63. The van der Waals surface area contributed by atoms with Gasteiger partial charge in [0.1, 0.15) is 11.6 Å².